The second-order valence-electron chi connectivity index (χ2n) is 6.33. The molecule has 0 fully saturated rings. The lowest BCUT2D eigenvalue weighted by Crippen LogP contribution is -2.12. The summed E-state index contributed by atoms with van der Waals surface area (Å²) in [6, 6.07) is 4.40. The van der Waals surface area contributed by atoms with Gasteiger partial charge in [-0.05, 0) is 37.8 Å². The predicted molar refractivity (Wildman–Crippen MR) is 129 cm³/mol. The lowest BCUT2D eigenvalue weighted by atomic mass is 10.1. The van der Waals surface area contributed by atoms with Crippen LogP contribution in [0.5, 0.6) is 0 Å². The molecule has 1 rings (SSSR count). The number of carbonyl (C=O) groups is 1. The Morgan fingerprint density at radius 3 is 2.65 bits per heavy atom. The van der Waals surface area contributed by atoms with E-state index < -0.39 is 12.7 Å². The molecule has 0 aliphatic rings. The average molecular weight is 591 g/mol. The zero-order valence-corrected chi connectivity index (χ0v) is 21.5. The van der Waals surface area contributed by atoms with Crippen molar-refractivity contribution >= 4 is 53.8 Å². The molecule has 1 unspecified atom stereocenters. The van der Waals surface area contributed by atoms with Crippen LogP contribution < -0.4 is 5.32 Å². The van der Waals surface area contributed by atoms with Crippen LogP contribution in [-0.2, 0) is 27.5 Å². The monoisotopic (exact) mass is 591 g/mol. The van der Waals surface area contributed by atoms with Crippen molar-refractivity contribution < 1.29 is 30.9 Å². The maximum atomic E-state index is 12.0. The minimum Gasteiger partial charge on any atom is -0.326 e. The summed E-state index contributed by atoms with van der Waals surface area (Å²) >= 11 is -0.225. The summed E-state index contributed by atoms with van der Waals surface area (Å²) in [6.45, 7) is 1.83. The normalized spacial score (nSPS) is 13.5. The van der Waals surface area contributed by atoms with E-state index in [4.69, 9.17) is 11.7 Å². The van der Waals surface area contributed by atoms with Gasteiger partial charge in [-0.25, -0.2) is 7.26 Å². The van der Waals surface area contributed by atoms with Crippen LogP contribution in [0.2, 0.25) is 0 Å². The van der Waals surface area contributed by atoms with E-state index in [-0.39, 0.29) is 57.5 Å². The summed E-state index contributed by atoms with van der Waals surface area (Å²) in [7, 11) is -0.637. The maximum Gasteiger partial charge on any atom is 0.472 e. The maximum absolute atomic E-state index is 12.0. The van der Waals surface area contributed by atoms with Gasteiger partial charge in [0.1, 0.15) is 0 Å². The van der Waals surface area contributed by atoms with Crippen molar-refractivity contribution in [2.24, 2.45) is 0 Å². The quantitative estimate of drug-likeness (QED) is 0.0659. The van der Waals surface area contributed by atoms with Crippen LogP contribution in [0.15, 0.2) is 18.2 Å². The van der Waals surface area contributed by atoms with Crippen LogP contribution in [0.3, 0.4) is 0 Å². The van der Waals surface area contributed by atoms with Gasteiger partial charge in [-0.2, -0.15) is 0 Å². The molecule has 176 valence electrons. The van der Waals surface area contributed by atoms with Crippen LogP contribution in [0, 0.1) is 10.1 Å². The number of phosphoric acid groups is 1. The summed E-state index contributed by atoms with van der Waals surface area (Å²) in [4.78, 5) is 32.2. The van der Waals surface area contributed by atoms with E-state index in [1.165, 1.54) is 12.1 Å². The number of aryl methyl sites for hydroxylation is 1. The lowest BCUT2D eigenvalue weighted by molar-refractivity contribution is -0.385. The largest absolute Gasteiger partial charge is 0.472 e. The first-order valence-corrected chi connectivity index (χ1v) is 15.7. The highest BCUT2D eigenvalue weighted by Crippen LogP contribution is 2.43. The molecule has 1 aromatic rings. The van der Waals surface area contributed by atoms with E-state index in [0.29, 0.717) is 24.1 Å². The SMILES string of the molecule is CCc1cc(NC(=O)CCCOP(=O)(O)OCCCCCSI=[O+]C)ccc1[N+](=O)[O-]. The molecule has 0 heterocycles. The number of nitro groups is 1. The number of rotatable bonds is 16. The molecule has 10 nitrogen and oxygen atoms in total. The fourth-order valence-corrected chi connectivity index (χ4v) is 5.99. The van der Waals surface area contributed by atoms with E-state index in [1.807, 2.05) is 0 Å². The zero-order valence-electron chi connectivity index (χ0n) is 17.6. The first kappa shape index (κ1) is 28.1. The summed E-state index contributed by atoms with van der Waals surface area (Å²) in [5.41, 5.74) is 1.01. The van der Waals surface area contributed by atoms with Gasteiger partial charge < -0.3 is 10.2 Å². The molecule has 13 heteroatoms. The molecule has 0 radical (unpaired) electrons. The number of carbonyl (C=O) groups excluding carboxylic acids is 1. The molecule has 1 amide bonds. The third-order valence-electron chi connectivity index (χ3n) is 3.97. The Morgan fingerprint density at radius 1 is 1.29 bits per heavy atom. The number of hydrogen-bond donors (Lipinski definition) is 2. The summed E-state index contributed by atoms with van der Waals surface area (Å²) in [6.07, 6.45) is 3.32. The van der Waals surface area contributed by atoms with Crippen molar-refractivity contribution in [2.75, 3.05) is 31.4 Å². The van der Waals surface area contributed by atoms with Gasteiger partial charge in [-0.3, -0.25) is 24.0 Å². The Balaban J connectivity index is 2.24. The van der Waals surface area contributed by atoms with Gasteiger partial charge >= 0.3 is 27.6 Å². The number of nitrogens with one attached hydrogen (secondary N) is 1. The number of nitrogens with zero attached hydrogens (tertiary/aromatic N) is 1. The minimum atomic E-state index is -4.13. The van der Waals surface area contributed by atoms with Crippen molar-refractivity contribution in [3.8, 4) is 0 Å². The highest BCUT2D eigenvalue weighted by molar-refractivity contribution is 14.2. The molecule has 0 bridgehead atoms. The van der Waals surface area contributed by atoms with Gasteiger partial charge in [-0.1, -0.05) is 13.3 Å². The highest BCUT2D eigenvalue weighted by atomic mass is 127. The van der Waals surface area contributed by atoms with E-state index in [1.54, 1.807) is 29.0 Å². The fourth-order valence-electron chi connectivity index (χ4n) is 2.49. The standard InChI is InChI=1S/C18H28IN2O8PS/c1-3-15-14-16(9-10-17(15)21(23)24)20-18(22)8-7-12-29-30(25,26)28-11-5-4-6-13-31-19-27-2/h9-10,14H,3-8,11-13H2,1-2H3,(H-,20,22,25,26)/p+1. The van der Waals surface area contributed by atoms with Crippen LogP contribution in [-0.4, -0.2) is 41.8 Å². The predicted octanol–water partition coefficient (Wildman–Crippen LogP) is 5.31. The Morgan fingerprint density at radius 2 is 2.00 bits per heavy atom. The summed E-state index contributed by atoms with van der Waals surface area (Å²) < 4.78 is 26.7. The number of phosphoric ester groups is 1. The van der Waals surface area contributed by atoms with Crippen molar-refractivity contribution in [3.63, 3.8) is 0 Å². The van der Waals surface area contributed by atoms with Crippen LogP contribution in [0.25, 0.3) is 0 Å². The Hall–Kier alpha value is -0.920. The molecule has 0 aromatic heterocycles. The third-order valence-corrected chi connectivity index (χ3v) is 8.81. The van der Waals surface area contributed by atoms with E-state index in [0.717, 1.165) is 18.6 Å². The van der Waals surface area contributed by atoms with E-state index in [2.05, 4.69) is 5.32 Å². The molecule has 0 saturated heterocycles. The van der Waals surface area contributed by atoms with Gasteiger partial charge in [0.05, 0.1) is 18.1 Å². The third kappa shape index (κ3) is 12.6. The highest BCUT2D eigenvalue weighted by Gasteiger charge is 2.20. The molecule has 0 spiro atoms. The van der Waals surface area contributed by atoms with Crippen LogP contribution in [0.4, 0.5) is 11.4 Å². The second-order valence-corrected chi connectivity index (χ2v) is 12.4. The molecule has 0 aliphatic carbocycles. The molecular weight excluding hydrogens is 562 g/mol. The zero-order chi connectivity index (χ0) is 23.1. The number of benzene rings is 1. The number of halogens is 1. The van der Waals surface area contributed by atoms with Gasteiger partial charge in [0.15, 0.2) is 0 Å². The van der Waals surface area contributed by atoms with E-state index >= 15 is 0 Å². The minimum absolute atomic E-state index is 0.0129. The topological polar surface area (TPSA) is 139 Å². The Labute approximate surface area is 195 Å². The van der Waals surface area contributed by atoms with Crippen molar-refractivity contribution in [1.29, 1.82) is 0 Å². The molecule has 2 N–H and O–H groups in total. The summed E-state index contributed by atoms with van der Waals surface area (Å²) in [5, 5.41) is 13.6. The Kier molecular flexibility index (Phi) is 14.3. The average Bonchev–Trinajstić information content (AvgIpc) is 2.72. The molecule has 1 aromatic carbocycles. The first-order valence-electron chi connectivity index (χ1n) is 9.78. The van der Waals surface area contributed by atoms with Crippen molar-refractivity contribution in [2.45, 2.75) is 45.4 Å². The van der Waals surface area contributed by atoms with E-state index in [9.17, 15) is 24.4 Å². The lowest BCUT2D eigenvalue weighted by Gasteiger charge is -2.12. The van der Waals surface area contributed by atoms with Gasteiger partial charge in [-0.15, -0.1) is 0 Å². The number of unbranched alkanes of at least 4 members (excludes halogenated alkanes) is 2. The number of nitro benzene ring substituents is 1. The van der Waals surface area contributed by atoms with Crippen molar-refractivity contribution in [1.82, 2.24) is 0 Å². The van der Waals surface area contributed by atoms with Gasteiger partial charge in [0.2, 0.25) is 5.91 Å². The molecule has 31 heavy (non-hydrogen) atoms. The van der Waals surface area contributed by atoms with Gasteiger partial charge in [0.25, 0.3) is 12.8 Å². The van der Waals surface area contributed by atoms with Crippen LogP contribution in [0.1, 0.15) is 44.6 Å². The molecule has 0 aliphatic heterocycles. The Bertz CT molecular complexity index is 796. The smallest absolute Gasteiger partial charge is 0.326 e. The molecule has 1 atom stereocenters. The number of hydrogen-bond acceptors (Lipinski definition) is 7. The number of anilines is 1. The summed E-state index contributed by atoms with van der Waals surface area (Å²) in [5.74, 6) is 0.692. The fraction of sp³-hybridized carbons (Fsp3) is 0.611. The van der Waals surface area contributed by atoms with Crippen molar-refractivity contribution in [3.05, 3.63) is 33.9 Å². The first-order chi connectivity index (χ1) is 14.8. The van der Waals surface area contributed by atoms with Crippen LogP contribution >= 0.6 is 36.6 Å². The number of amides is 1. The molecule has 0 saturated carbocycles. The second kappa shape index (κ2) is 15.8. The van der Waals surface area contributed by atoms with Gasteiger partial charge in [0, 0.05) is 38.4 Å². The molecular formula is C18H29IN2O8PS+.